The highest BCUT2D eigenvalue weighted by molar-refractivity contribution is 5.31. The van der Waals surface area contributed by atoms with Crippen LogP contribution in [0.3, 0.4) is 0 Å². The summed E-state index contributed by atoms with van der Waals surface area (Å²) in [5.74, 6) is 0.712. The van der Waals surface area contributed by atoms with Crippen LogP contribution in [0.15, 0.2) is 24.3 Å². The maximum atomic E-state index is 5.58. The lowest BCUT2D eigenvalue weighted by Crippen LogP contribution is -2.32. The Labute approximate surface area is 116 Å². The third kappa shape index (κ3) is 3.37. The van der Waals surface area contributed by atoms with Crippen molar-refractivity contribution in [1.82, 2.24) is 5.32 Å². The number of aryl methyl sites for hydroxylation is 1. The number of rotatable bonds is 3. The van der Waals surface area contributed by atoms with Crippen LogP contribution < -0.4 is 5.32 Å². The molecule has 2 unspecified atom stereocenters. The average molecular weight is 259 g/mol. The number of benzene rings is 1. The molecule has 0 aromatic heterocycles. The minimum Gasteiger partial charge on any atom is -0.381 e. The summed E-state index contributed by atoms with van der Waals surface area (Å²) in [6.45, 7) is 3.02. The molecule has 2 heteroatoms. The molecule has 1 aliphatic heterocycles. The van der Waals surface area contributed by atoms with Gasteiger partial charge in [-0.3, -0.25) is 0 Å². The Morgan fingerprint density at radius 2 is 2.05 bits per heavy atom. The van der Waals surface area contributed by atoms with E-state index in [-0.39, 0.29) is 0 Å². The first kappa shape index (κ1) is 13.1. The number of nitrogens with one attached hydrogen (secondary N) is 1. The second kappa shape index (κ2) is 6.53. The van der Waals surface area contributed by atoms with Gasteiger partial charge in [0.15, 0.2) is 0 Å². The second-order valence-electron chi connectivity index (χ2n) is 5.99. The molecule has 19 heavy (non-hydrogen) atoms. The quantitative estimate of drug-likeness (QED) is 0.839. The molecule has 2 atom stereocenters. The van der Waals surface area contributed by atoms with Gasteiger partial charge in [-0.15, -0.1) is 0 Å². The lowest BCUT2D eigenvalue weighted by atomic mass is 9.97. The maximum absolute atomic E-state index is 5.58. The summed E-state index contributed by atoms with van der Waals surface area (Å²) in [5.41, 5.74) is 3.09. The molecule has 0 amide bonds. The Morgan fingerprint density at radius 3 is 2.95 bits per heavy atom. The van der Waals surface area contributed by atoms with Crippen LogP contribution in [0.25, 0.3) is 0 Å². The Hall–Kier alpha value is -0.860. The summed E-state index contributed by atoms with van der Waals surface area (Å²) in [7, 11) is 0. The predicted octanol–water partition coefficient (Wildman–Crippen LogP) is 3.47. The Morgan fingerprint density at radius 1 is 1.11 bits per heavy atom. The Kier molecular flexibility index (Phi) is 4.52. The van der Waals surface area contributed by atoms with E-state index in [2.05, 4.69) is 29.6 Å². The SMILES string of the molecule is c1ccc2c(c1)CCCCC2NCC1CCCOC1. The predicted molar refractivity (Wildman–Crippen MR) is 78.3 cm³/mol. The number of hydrogen-bond donors (Lipinski definition) is 1. The molecule has 1 aliphatic carbocycles. The summed E-state index contributed by atoms with van der Waals surface area (Å²) in [6.07, 6.45) is 7.76. The standard InChI is InChI=1S/C17H25NO/c1-3-9-16-15(7-1)8-2-4-10-17(16)18-12-14-6-5-11-19-13-14/h1,3,7,9,14,17-18H,2,4-6,8,10-13H2. The molecule has 104 valence electrons. The molecule has 1 aromatic carbocycles. The topological polar surface area (TPSA) is 21.3 Å². The van der Waals surface area contributed by atoms with Crippen molar-refractivity contribution >= 4 is 0 Å². The highest BCUT2D eigenvalue weighted by Crippen LogP contribution is 2.28. The molecular weight excluding hydrogens is 234 g/mol. The van der Waals surface area contributed by atoms with E-state index in [1.807, 2.05) is 0 Å². The fraction of sp³-hybridized carbons (Fsp3) is 0.647. The first-order chi connectivity index (χ1) is 9.43. The Balaban J connectivity index is 1.63. The minimum absolute atomic E-state index is 0.556. The summed E-state index contributed by atoms with van der Waals surface area (Å²) in [4.78, 5) is 0. The van der Waals surface area contributed by atoms with E-state index in [9.17, 15) is 0 Å². The van der Waals surface area contributed by atoms with E-state index >= 15 is 0 Å². The first-order valence-electron chi connectivity index (χ1n) is 7.82. The van der Waals surface area contributed by atoms with Crippen molar-refractivity contribution in [3.8, 4) is 0 Å². The molecule has 1 fully saturated rings. The number of fused-ring (bicyclic) bond motifs is 1. The molecule has 0 bridgehead atoms. The van der Waals surface area contributed by atoms with Gasteiger partial charge in [-0.05, 0) is 49.1 Å². The van der Waals surface area contributed by atoms with Gasteiger partial charge in [0.2, 0.25) is 0 Å². The highest BCUT2D eigenvalue weighted by Gasteiger charge is 2.20. The second-order valence-corrected chi connectivity index (χ2v) is 5.99. The maximum Gasteiger partial charge on any atom is 0.0506 e. The van der Waals surface area contributed by atoms with Gasteiger partial charge < -0.3 is 10.1 Å². The van der Waals surface area contributed by atoms with E-state index < -0.39 is 0 Å². The molecule has 0 radical (unpaired) electrons. The molecule has 1 aromatic rings. The van der Waals surface area contributed by atoms with Gasteiger partial charge in [0.1, 0.15) is 0 Å². The third-order valence-electron chi connectivity index (χ3n) is 4.53. The zero-order valence-electron chi connectivity index (χ0n) is 11.7. The minimum atomic E-state index is 0.556. The first-order valence-corrected chi connectivity index (χ1v) is 7.82. The molecular formula is C17H25NO. The fourth-order valence-electron chi connectivity index (χ4n) is 3.41. The zero-order chi connectivity index (χ0) is 12.9. The van der Waals surface area contributed by atoms with E-state index in [0.717, 1.165) is 19.8 Å². The molecule has 1 N–H and O–H groups in total. The normalized spacial score (nSPS) is 27.6. The zero-order valence-corrected chi connectivity index (χ0v) is 11.7. The van der Waals surface area contributed by atoms with Crippen LogP contribution in [0.1, 0.15) is 49.3 Å². The molecule has 0 spiro atoms. The van der Waals surface area contributed by atoms with E-state index in [0.29, 0.717) is 12.0 Å². The van der Waals surface area contributed by atoms with Gasteiger partial charge in [0.05, 0.1) is 6.61 Å². The molecule has 0 saturated carbocycles. The van der Waals surface area contributed by atoms with Crippen LogP contribution in [0, 0.1) is 5.92 Å². The van der Waals surface area contributed by atoms with Crippen LogP contribution in [0.4, 0.5) is 0 Å². The van der Waals surface area contributed by atoms with Crippen molar-refractivity contribution in [1.29, 1.82) is 0 Å². The van der Waals surface area contributed by atoms with Crippen molar-refractivity contribution in [2.24, 2.45) is 5.92 Å². The van der Waals surface area contributed by atoms with Crippen molar-refractivity contribution in [2.45, 2.75) is 44.6 Å². The summed E-state index contributed by atoms with van der Waals surface area (Å²) >= 11 is 0. The smallest absolute Gasteiger partial charge is 0.0506 e. The van der Waals surface area contributed by atoms with E-state index in [1.165, 1.54) is 44.1 Å². The summed E-state index contributed by atoms with van der Waals surface area (Å²) in [5, 5.41) is 3.81. The van der Waals surface area contributed by atoms with Crippen LogP contribution in [0.2, 0.25) is 0 Å². The highest BCUT2D eigenvalue weighted by atomic mass is 16.5. The van der Waals surface area contributed by atoms with Crippen LogP contribution in [-0.2, 0) is 11.2 Å². The van der Waals surface area contributed by atoms with Crippen LogP contribution in [0.5, 0.6) is 0 Å². The Bertz CT molecular complexity index is 398. The van der Waals surface area contributed by atoms with Gasteiger partial charge in [0.25, 0.3) is 0 Å². The van der Waals surface area contributed by atoms with Crippen molar-refractivity contribution in [2.75, 3.05) is 19.8 Å². The molecule has 1 heterocycles. The molecule has 1 saturated heterocycles. The van der Waals surface area contributed by atoms with Crippen LogP contribution in [-0.4, -0.2) is 19.8 Å². The van der Waals surface area contributed by atoms with Crippen molar-refractivity contribution < 1.29 is 4.74 Å². The van der Waals surface area contributed by atoms with E-state index in [4.69, 9.17) is 4.74 Å². The lowest BCUT2D eigenvalue weighted by molar-refractivity contribution is 0.0536. The van der Waals surface area contributed by atoms with Gasteiger partial charge in [0, 0.05) is 19.2 Å². The largest absolute Gasteiger partial charge is 0.381 e. The number of ether oxygens (including phenoxy) is 1. The lowest BCUT2D eigenvalue weighted by Gasteiger charge is -2.26. The average Bonchev–Trinajstić information content (AvgIpc) is 2.68. The van der Waals surface area contributed by atoms with Crippen LogP contribution >= 0.6 is 0 Å². The van der Waals surface area contributed by atoms with Gasteiger partial charge in [-0.25, -0.2) is 0 Å². The van der Waals surface area contributed by atoms with Crippen molar-refractivity contribution in [3.63, 3.8) is 0 Å². The van der Waals surface area contributed by atoms with E-state index in [1.54, 1.807) is 5.56 Å². The van der Waals surface area contributed by atoms with Gasteiger partial charge in [-0.1, -0.05) is 30.7 Å². The summed E-state index contributed by atoms with van der Waals surface area (Å²) in [6, 6.07) is 9.54. The van der Waals surface area contributed by atoms with Gasteiger partial charge in [-0.2, -0.15) is 0 Å². The fourth-order valence-corrected chi connectivity index (χ4v) is 3.41. The molecule has 2 nitrogen and oxygen atoms in total. The molecule has 2 aliphatic rings. The number of hydrogen-bond acceptors (Lipinski definition) is 2. The van der Waals surface area contributed by atoms with Gasteiger partial charge >= 0.3 is 0 Å². The monoisotopic (exact) mass is 259 g/mol. The molecule has 3 rings (SSSR count). The third-order valence-corrected chi connectivity index (χ3v) is 4.53. The summed E-state index contributed by atoms with van der Waals surface area (Å²) < 4.78 is 5.58. The van der Waals surface area contributed by atoms with Crippen molar-refractivity contribution in [3.05, 3.63) is 35.4 Å².